The lowest BCUT2D eigenvalue weighted by Crippen LogP contribution is -2.29. The molecule has 1 aliphatic heterocycles. The molecule has 0 spiro atoms. The smallest absolute Gasteiger partial charge is 0.307 e. The second-order valence-corrected chi connectivity index (χ2v) is 8.25. The number of benzene rings is 3. The summed E-state index contributed by atoms with van der Waals surface area (Å²) in [6, 6.07) is 16.9. The highest BCUT2D eigenvalue weighted by Gasteiger charge is 2.47. The summed E-state index contributed by atoms with van der Waals surface area (Å²) in [6.45, 7) is 0. The van der Waals surface area contributed by atoms with E-state index >= 15 is 0 Å². The van der Waals surface area contributed by atoms with Gasteiger partial charge in [0.15, 0.2) is 0 Å². The van der Waals surface area contributed by atoms with Crippen LogP contribution in [0.2, 0.25) is 0 Å². The Labute approximate surface area is 213 Å². The first-order valence-electron chi connectivity index (χ1n) is 11.3. The van der Waals surface area contributed by atoms with Crippen LogP contribution >= 0.6 is 0 Å². The van der Waals surface area contributed by atoms with E-state index < -0.39 is 29.5 Å². The number of carboxylic acid groups (broad SMARTS) is 1. The first-order chi connectivity index (χ1) is 17.8. The molecule has 4 rings (SSSR count). The van der Waals surface area contributed by atoms with Crippen molar-refractivity contribution in [3.63, 3.8) is 0 Å². The molecule has 3 aromatic rings. The number of carboxylic acids is 1. The van der Waals surface area contributed by atoms with Crippen molar-refractivity contribution in [2.45, 2.75) is 12.5 Å². The van der Waals surface area contributed by atoms with Gasteiger partial charge < -0.3 is 24.4 Å². The van der Waals surface area contributed by atoms with Gasteiger partial charge in [0.05, 0.1) is 44.9 Å². The Hall–Kier alpha value is -4.79. The van der Waals surface area contributed by atoms with Crippen LogP contribution in [0, 0.1) is 0 Å². The van der Waals surface area contributed by atoms with Crippen molar-refractivity contribution < 1.29 is 38.8 Å². The van der Waals surface area contributed by atoms with Crippen LogP contribution in [0.15, 0.2) is 72.3 Å². The molecule has 1 heterocycles. The minimum Gasteiger partial charge on any atom is -0.507 e. The van der Waals surface area contributed by atoms with Gasteiger partial charge in [0, 0.05) is 5.69 Å². The molecule has 37 heavy (non-hydrogen) atoms. The third kappa shape index (κ3) is 4.84. The van der Waals surface area contributed by atoms with Crippen LogP contribution in [-0.2, 0) is 20.8 Å². The molecular formula is C28H25NO8. The van der Waals surface area contributed by atoms with Crippen molar-refractivity contribution >= 4 is 29.1 Å². The Morgan fingerprint density at radius 3 is 2.16 bits per heavy atom. The summed E-state index contributed by atoms with van der Waals surface area (Å²) >= 11 is 0. The zero-order chi connectivity index (χ0) is 26.7. The molecule has 0 bridgehead atoms. The molecule has 3 aromatic carbocycles. The maximum atomic E-state index is 13.4. The van der Waals surface area contributed by atoms with Crippen LogP contribution in [0.4, 0.5) is 5.69 Å². The first kappa shape index (κ1) is 25.3. The van der Waals surface area contributed by atoms with Crippen LogP contribution in [0.1, 0.15) is 22.7 Å². The average Bonchev–Trinajstić information content (AvgIpc) is 3.18. The van der Waals surface area contributed by atoms with E-state index in [4.69, 9.17) is 19.3 Å². The summed E-state index contributed by atoms with van der Waals surface area (Å²) in [5, 5.41) is 20.5. The molecule has 1 unspecified atom stereocenters. The molecule has 0 aromatic heterocycles. The molecular weight excluding hydrogens is 478 g/mol. The number of aliphatic carboxylic acids is 1. The van der Waals surface area contributed by atoms with Gasteiger partial charge in [-0.3, -0.25) is 19.3 Å². The van der Waals surface area contributed by atoms with Crippen LogP contribution < -0.4 is 19.1 Å². The second-order valence-electron chi connectivity index (χ2n) is 8.25. The zero-order valence-electron chi connectivity index (χ0n) is 20.4. The van der Waals surface area contributed by atoms with Crippen LogP contribution in [0.3, 0.4) is 0 Å². The molecule has 190 valence electrons. The molecule has 0 aliphatic carbocycles. The number of hydrogen-bond donors (Lipinski definition) is 2. The van der Waals surface area contributed by atoms with E-state index in [-0.39, 0.29) is 23.3 Å². The molecule has 9 heteroatoms. The number of aliphatic hydroxyl groups is 1. The Kier molecular flexibility index (Phi) is 7.15. The lowest BCUT2D eigenvalue weighted by molar-refractivity contribution is -0.136. The van der Waals surface area contributed by atoms with E-state index in [1.165, 1.54) is 32.3 Å². The van der Waals surface area contributed by atoms with Gasteiger partial charge in [-0.2, -0.15) is 0 Å². The van der Waals surface area contributed by atoms with E-state index in [1.54, 1.807) is 60.7 Å². The van der Waals surface area contributed by atoms with E-state index in [1.807, 2.05) is 0 Å². The third-order valence-corrected chi connectivity index (χ3v) is 6.09. The number of rotatable bonds is 8. The number of amides is 1. The zero-order valence-corrected chi connectivity index (χ0v) is 20.4. The normalized spacial score (nSPS) is 16.5. The van der Waals surface area contributed by atoms with Crippen molar-refractivity contribution in [2.75, 3.05) is 26.2 Å². The predicted octanol–water partition coefficient (Wildman–Crippen LogP) is 3.97. The van der Waals surface area contributed by atoms with Gasteiger partial charge in [-0.1, -0.05) is 24.3 Å². The van der Waals surface area contributed by atoms with Gasteiger partial charge in [0.1, 0.15) is 23.0 Å². The minimum absolute atomic E-state index is 0.139. The van der Waals surface area contributed by atoms with Crippen molar-refractivity contribution in [3.8, 4) is 17.2 Å². The fraction of sp³-hybridized carbons (Fsp3) is 0.179. The molecule has 1 fully saturated rings. The van der Waals surface area contributed by atoms with Gasteiger partial charge in [-0.05, 0) is 53.6 Å². The number of carbonyl (C=O) groups is 3. The number of hydrogen-bond acceptors (Lipinski definition) is 7. The minimum atomic E-state index is -1.00. The second kappa shape index (κ2) is 10.4. The Morgan fingerprint density at radius 2 is 1.54 bits per heavy atom. The molecule has 0 saturated carbocycles. The van der Waals surface area contributed by atoms with E-state index in [2.05, 4.69) is 0 Å². The molecule has 1 amide bonds. The average molecular weight is 504 g/mol. The quantitative estimate of drug-likeness (QED) is 0.269. The van der Waals surface area contributed by atoms with Crippen LogP contribution in [0.5, 0.6) is 17.2 Å². The third-order valence-electron chi connectivity index (χ3n) is 6.09. The van der Waals surface area contributed by atoms with Gasteiger partial charge in [0.25, 0.3) is 11.7 Å². The van der Waals surface area contributed by atoms with Crippen LogP contribution in [-0.4, -0.2) is 49.2 Å². The van der Waals surface area contributed by atoms with E-state index in [0.29, 0.717) is 28.3 Å². The van der Waals surface area contributed by atoms with Crippen molar-refractivity contribution in [3.05, 3.63) is 89.0 Å². The number of anilines is 1. The molecule has 2 N–H and O–H groups in total. The number of ketones is 1. The van der Waals surface area contributed by atoms with E-state index in [0.717, 1.165) is 0 Å². The Bertz CT molecular complexity index is 1390. The van der Waals surface area contributed by atoms with Crippen molar-refractivity contribution in [2.24, 2.45) is 0 Å². The van der Waals surface area contributed by atoms with Crippen molar-refractivity contribution in [1.82, 2.24) is 0 Å². The summed E-state index contributed by atoms with van der Waals surface area (Å²) < 4.78 is 16.0. The summed E-state index contributed by atoms with van der Waals surface area (Å²) in [4.78, 5) is 39.2. The molecule has 9 nitrogen and oxygen atoms in total. The number of nitrogens with zero attached hydrogens (tertiary/aromatic N) is 1. The largest absolute Gasteiger partial charge is 0.507 e. The molecule has 1 atom stereocenters. The molecule has 0 radical (unpaired) electrons. The van der Waals surface area contributed by atoms with Gasteiger partial charge in [0.2, 0.25) is 0 Å². The number of Topliss-reactive ketones (excluding diaryl/α,β-unsaturated/α-hetero) is 1. The highest BCUT2D eigenvalue weighted by Crippen LogP contribution is 2.44. The highest BCUT2D eigenvalue weighted by molar-refractivity contribution is 6.51. The lowest BCUT2D eigenvalue weighted by atomic mass is 9.94. The monoisotopic (exact) mass is 503 g/mol. The maximum absolute atomic E-state index is 13.4. The summed E-state index contributed by atoms with van der Waals surface area (Å²) in [5.41, 5.74) is 1.47. The van der Waals surface area contributed by atoms with Gasteiger partial charge in [-0.15, -0.1) is 0 Å². The summed E-state index contributed by atoms with van der Waals surface area (Å²) in [6.07, 6.45) is -0.186. The Balaban J connectivity index is 1.94. The number of ether oxygens (including phenoxy) is 3. The SMILES string of the molecule is COc1cccc(C2/C(=C(\O)c3cc(OC)ccc3OC)C(=O)C(=O)N2c2ccc(CC(=O)O)cc2)c1. The topological polar surface area (TPSA) is 123 Å². The molecule has 1 aliphatic rings. The maximum Gasteiger partial charge on any atom is 0.307 e. The van der Waals surface area contributed by atoms with E-state index in [9.17, 15) is 19.5 Å². The molecule has 1 saturated heterocycles. The number of aliphatic hydroxyl groups excluding tert-OH is 1. The number of methoxy groups -OCH3 is 3. The fourth-order valence-electron chi connectivity index (χ4n) is 4.32. The summed E-state index contributed by atoms with van der Waals surface area (Å²) in [5.74, 6) is -1.94. The Morgan fingerprint density at radius 1 is 0.865 bits per heavy atom. The van der Waals surface area contributed by atoms with Crippen molar-refractivity contribution in [1.29, 1.82) is 0 Å². The van der Waals surface area contributed by atoms with Gasteiger partial charge in [-0.25, -0.2) is 0 Å². The predicted molar refractivity (Wildman–Crippen MR) is 135 cm³/mol. The fourth-order valence-corrected chi connectivity index (χ4v) is 4.32. The standard InChI is InChI=1S/C28H25NO8/c1-35-19-6-4-5-17(14-19)25-24(26(32)21-15-20(36-2)11-12-22(21)37-3)27(33)28(34)29(25)18-9-7-16(8-10-18)13-23(30)31/h4-12,14-15,25,32H,13H2,1-3H3,(H,30,31)/b26-24+. The summed E-state index contributed by atoms with van der Waals surface area (Å²) in [7, 11) is 4.39. The van der Waals surface area contributed by atoms with Gasteiger partial charge >= 0.3 is 5.97 Å². The first-order valence-corrected chi connectivity index (χ1v) is 11.3. The lowest BCUT2D eigenvalue weighted by Gasteiger charge is -2.26. The number of carbonyl (C=O) groups excluding carboxylic acids is 2. The van der Waals surface area contributed by atoms with Crippen LogP contribution in [0.25, 0.3) is 5.76 Å². The highest BCUT2D eigenvalue weighted by atomic mass is 16.5.